The zero-order valence-electron chi connectivity index (χ0n) is 11.1. The van der Waals surface area contributed by atoms with Crippen molar-refractivity contribution in [3.8, 4) is 0 Å². The van der Waals surface area contributed by atoms with E-state index in [0.29, 0.717) is 6.42 Å². The number of benzene rings is 1. The lowest BCUT2D eigenvalue weighted by Crippen LogP contribution is -2.36. The summed E-state index contributed by atoms with van der Waals surface area (Å²) < 4.78 is 49.4. The monoisotopic (exact) mass is 340 g/mol. The van der Waals surface area contributed by atoms with Crippen LogP contribution in [-0.2, 0) is 19.9 Å². The topological polar surface area (TPSA) is 106 Å². The minimum absolute atomic E-state index is 0.0463. The van der Waals surface area contributed by atoms with E-state index in [1.54, 1.807) is 0 Å². The molecule has 9 heteroatoms. The van der Waals surface area contributed by atoms with E-state index in [1.807, 2.05) is 6.92 Å². The fourth-order valence-corrected chi connectivity index (χ4v) is 3.70. The van der Waals surface area contributed by atoms with Gasteiger partial charge in [0.1, 0.15) is 4.90 Å². The van der Waals surface area contributed by atoms with Gasteiger partial charge in [0.25, 0.3) is 0 Å². The largest absolute Gasteiger partial charge is 0.327 e. The number of nitrogens with one attached hydrogen (secondary N) is 1. The summed E-state index contributed by atoms with van der Waals surface area (Å²) in [6.45, 7) is 1.88. The number of rotatable bonds is 6. The van der Waals surface area contributed by atoms with Gasteiger partial charge in [-0.25, -0.2) is 21.6 Å². The number of hydrogen-bond acceptors (Lipinski definition) is 5. The molecule has 1 unspecified atom stereocenters. The fraction of sp³-hybridized carbons (Fsp3) is 0.455. The maximum atomic E-state index is 12.1. The molecule has 6 nitrogen and oxygen atoms in total. The number of nitrogens with two attached hydrogens (primary N) is 1. The van der Waals surface area contributed by atoms with Crippen LogP contribution >= 0.6 is 11.6 Å². The normalized spacial score (nSPS) is 14.2. The van der Waals surface area contributed by atoms with Crippen molar-refractivity contribution >= 4 is 31.5 Å². The number of sulfone groups is 1. The molecule has 0 aromatic heterocycles. The van der Waals surface area contributed by atoms with Crippen molar-refractivity contribution in [3.05, 3.63) is 23.2 Å². The number of hydrogen-bond donors (Lipinski definition) is 2. The molecule has 3 N–H and O–H groups in total. The van der Waals surface area contributed by atoms with Crippen LogP contribution < -0.4 is 10.5 Å². The van der Waals surface area contributed by atoms with Crippen molar-refractivity contribution < 1.29 is 16.8 Å². The second kappa shape index (κ2) is 6.40. The standard InChI is InChI=1S/C11H17ClN2O4S2/c1-3-8(13)7-14-20(17,18)11-6-9(19(2,15)16)4-5-10(11)12/h4-6,8,14H,3,7,13H2,1-2H3. The second-order valence-electron chi connectivity index (χ2n) is 4.38. The van der Waals surface area contributed by atoms with Gasteiger partial charge in [-0.05, 0) is 24.6 Å². The van der Waals surface area contributed by atoms with Crippen molar-refractivity contribution in [2.24, 2.45) is 5.73 Å². The molecular formula is C11H17ClN2O4S2. The van der Waals surface area contributed by atoms with Crippen LogP contribution in [0.15, 0.2) is 28.0 Å². The van der Waals surface area contributed by atoms with Gasteiger partial charge in [-0.3, -0.25) is 0 Å². The van der Waals surface area contributed by atoms with E-state index in [9.17, 15) is 16.8 Å². The molecule has 1 atom stereocenters. The third-order valence-corrected chi connectivity index (χ3v) is 5.70. The lowest BCUT2D eigenvalue weighted by Gasteiger charge is -2.12. The smallest absolute Gasteiger partial charge is 0.242 e. The van der Waals surface area contributed by atoms with Gasteiger partial charge in [-0.15, -0.1) is 0 Å². The van der Waals surface area contributed by atoms with Crippen molar-refractivity contribution in [1.82, 2.24) is 4.72 Å². The molecule has 0 amide bonds. The van der Waals surface area contributed by atoms with Crippen LogP contribution in [0.25, 0.3) is 0 Å². The highest BCUT2D eigenvalue weighted by atomic mass is 35.5. The molecule has 0 aliphatic heterocycles. The Hall–Kier alpha value is -0.670. The number of halogens is 1. The average molecular weight is 341 g/mol. The van der Waals surface area contributed by atoms with Crippen LogP contribution in [0.4, 0.5) is 0 Å². The van der Waals surface area contributed by atoms with Crippen molar-refractivity contribution in [1.29, 1.82) is 0 Å². The average Bonchev–Trinajstić information content (AvgIpc) is 2.34. The van der Waals surface area contributed by atoms with Gasteiger partial charge >= 0.3 is 0 Å². The Kier molecular flexibility index (Phi) is 5.56. The molecule has 0 saturated heterocycles. The van der Waals surface area contributed by atoms with E-state index in [2.05, 4.69) is 4.72 Å². The van der Waals surface area contributed by atoms with Crippen molar-refractivity contribution in [2.45, 2.75) is 29.2 Å². The highest BCUT2D eigenvalue weighted by Gasteiger charge is 2.21. The first-order valence-corrected chi connectivity index (χ1v) is 9.58. The summed E-state index contributed by atoms with van der Waals surface area (Å²) in [6.07, 6.45) is 1.60. The SMILES string of the molecule is CCC(N)CNS(=O)(=O)c1cc(S(C)(=O)=O)ccc1Cl. The molecule has 1 rings (SSSR count). The summed E-state index contributed by atoms with van der Waals surface area (Å²) in [7, 11) is -7.42. The molecule has 20 heavy (non-hydrogen) atoms. The molecule has 1 aromatic carbocycles. The van der Waals surface area contributed by atoms with Gasteiger partial charge in [0.05, 0.1) is 9.92 Å². The molecule has 114 valence electrons. The van der Waals surface area contributed by atoms with E-state index in [0.717, 1.165) is 12.3 Å². The van der Waals surface area contributed by atoms with E-state index >= 15 is 0 Å². The summed E-state index contributed by atoms with van der Waals surface area (Å²) in [5, 5.41) is -0.0463. The van der Waals surface area contributed by atoms with E-state index in [-0.39, 0.29) is 27.4 Å². The Bertz CT molecular complexity index is 686. The summed E-state index contributed by atoms with van der Waals surface area (Å²) in [5.74, 6) is 0. The predicted molar refractivity (Wildman–Crippen MR) is 78.0 cm³/mol. The molecule has 0 saturated carbocycles. The molecule has 0 radical (unpaired) electrons. The molecule has 0 aliphatic rings. The lowest BCUT2D eigenvalue weighted by molar-refractivity contribution is 0.563. The third kappa shape index (κ3) is 4.42. The zero-order valence-corrected chi connectivity index (χ0v) is 13.5. The van der Waals surface area contributed by atoms with E-state index in [1.165, 1.54) is 12.1 Å². The maximum absolute atomic E-state index is 12.1. The van der Waals surface area contributed by atoms with Crippen molar-refractivity contribution in [2.75, 3.05) is 12.8 Å². The summed E-state index contributed by atoms with van der Waals surface area (Å²) in [6, 6.07) is 3.22. The van der Waals surface area contributed by atoms with Crippen LogP contribution in [-0.4, -0.2) is 35.7 Å². The first kappa shape index (κ1) is 17.4. The Balaban J connectivity index is 3.18. The van der Waals surface area contributed by atoms with Crippen LogP contribution in [0.2, 0.25) is 5.02 Å². The summed E-state index contributed by atoms with van der Waals surface area (Å²) >= 11 is 5.83. The van der Waals surface area contributed by atoms with Gasteiger partial charge < -0.3 is 5.73 Å². The maximum Gasteiger partial charge on any atom is 0.242 e. The Labute approximate surface area is 124 Å². The van der Waals surface area contributed by atoms with Crippen LogP contribution in [0.5, 0.6) is 0 Å². The lowest BCUT2D eigenvalue weighted by atomic mass is 10.2. The first-order valence-electron chi connectivity index (χ1n) is 5.82. The highest BCUT2D eigenvalue weighted by molar-refractivity contribution is 7.91. The minimum atomic E-state index is -3.91. The Morgan fingerprint density at radius 2 is 1.90 bits per heavy atom. The Morgan fingerprint density at radius 1 is 1.30 bits per heavy atom. The molecule has 0 aliphatic carbocycles. The minimum Gasteiger partial charge on any atom is -0.327 e. The van der Waals surface area contributed by atoms with Crippen LogP contribution in [0.3, 0.4) is 0 Å². The summed E-state index contributed by atoms with van der Waals surface area (Å²) in [5.41, 5.74) is 5.64. The first-order chi connectivity index (χ1) is 9.08. The molecule has 0 bridgehead atoms. The van der Waals surface area contributed by atoms with Gasteiger partial charge in [0, 0.05) is 18.8 Å². The van der Waals surface area contributed by atoms with Crippen molar-refractivity contribution in [3.63, 3.8) is 0 Å². The molecule has 0 fully saturated rings. The molecule has 0 spiro atoms. The zero-order chi connectivity index (χ0) is 15.6. The quantitative estimate of drug-likeness (QED) is 0.795. The van der Waals surface area contributed by atoms with Gasteiger partial charge in [-0.2, -0.15) is 0 Å². The summed E-state index contributed by atoms with van der Waals surface area (Å²) in [4.78, 5) is -0.382. The van der Waals surface area contributed by atoms with Crippen LogP contribution in [0, 0.1) is 0 Å². The second-order valence-corrected chi connectivity index (χ2v) is 8.54. The predicted octanol–water partition coefficient (Wildman–Crippen LogP) is 0.759. The van der Waals surface area contributed by atoms with Gasteiger partial charge in [0.2, 0.25) is 10.0 Å². The molecule has 1 aromatic rings. The third-order valence-electron chi connectivity index (χ3n) is 2.68. The molecule has 0 heterocycles. The van der Waals surface area contributed by atoms with Gasteiger partial charge in [0.15, 0.2) is 9.84 Å². The van der Waals surface area contributed by atoms with E-state index in [4.69, 9.17) is 17.3 Å². The van der Waals surface area contributed by atoms with Crippen LogP contribution in [0.1, 0.15) is 13.3 Å². The van der Waals surface area contributed by atoms with E-state index < -0.39 is 19.9 Å². The van der Waals surface area contributed by atoms with Gasteiger partial charge in [-0.1, -0.05) is 18.5 Å². The fourth-order valence-electron chi connectivity index (χ4n) is 1.36. The molecular weight excluding hydrogens is 324 g/mol. The number of sulfonamides is 1. The highest BCUT2D eigenvalue weighted by Crippen LogP contribution is 2.24. The Morgan fingerprint density at radius 3 is 2.40 bits per heavy atom.